The van der Waals surface area contributed by atoms with Crippen molar-refractivity contribution in [3.63, 3.8) is 0 Å². The van der Waals surface area contributed by atoms with Gasteiger partial charge in [-0.3, -0.25) is 0 Å². The van der Waals surface area contributed by atoms with Crippen molar-refractivity contribution >= 4 is 23.5 Å². The molecule has 134 valence electrons. The van der Waals surface area contributed by atoms with E-state index in [4.69, 9.17) is 0 Å². The van der Waals surface area contributed by atoms with Gasteiger partial charge in [0.25, 0.3) is 0 Å². The van der Waals surface area contributed by atoms with Crippen molar-refractivity contribution < 1.29 is 0 Å². The molecular weight excluding hydrogens is 376 g/mol. The van der Waals surface area contributed by atoms with Crippen LogP contribution in [0.1, 0.15) is 11.1 Å². The van der Waals surface area contributed by atoms with E-state index in [1.54, 1.807) is 23.5 Å². The van der Waals surface area contributed by atoms with Crippen molar-refractivity contribution in [1.29, 1.82) is 0 Å². The Morgan fingerprint density at radius 3 is 1.04 bits per heavy atom. The van der Waals surface area contributed by atoms with E-state index in [9.17, 15) is 0 Å². The molecule has 0 aliphatic heterocycles. The molecule has 0 atom stereocenters. The summed E-state index contributed by atoms with van der Waals surface area (Å²) in [6.45, 7) is 0. The molecule has 28 heavy (non-hydrogen) atoms. The molecule has 0 saturated carbocycles. The van der Waals surface area contributed by atoms with Crippen molar-refractivity contribution in [3.05, 3.63) is 120 Å². The highest BCUT2D eigenvalue weighted by Crippen LogP contribution is 2.28. The van der Waals surface area contributed by atoms with E-state index in [2.05, 4.69) is 109 Å². The summed E-state index contributed by atoms with van der Waals surface area (Å²) >= 11 is 3.52. The third-order valence-electron chi connectivity index (χ3n) is 4.02. The lowest BCUT2D eigenvalue weighted by atomic mass is 10.2. The third kappa shape index (κ3) is 5.33. The third-order valence-corrected chi connectivity index (χ3v) is 6.05. The van der Waals surface area contributed by atoms with Gasteiger partial charge in [-0.15, -0.1) is 0 Å². The van der Waals surface area contributed by atoms with Gasteiger partial charge in [-0.25, -0.2) is 0 Å². The fourth-order valence-corrected chi connectivity index (χ4v) is 4.28. The zero-order valence-corrected chi connectivity index (χ0v) is 16.8. The Labute approximate surface area is 175 Å². The quantitative estimate of drug-likeness (QED) is 0.331. The molecule has 0 bridgehead atoms. The first-order valence-corrected chi connectivity index (χ1v) is 10.7. The van der Waals surface area contributed by atoms with Gasteiger partial charge in [-0.1, -0.05) is 71.8 Å². The minimum Gasteiger partial charge on any atom is -0.0901 e. The van der Waals surface area contributed by atoms with Crippen LogP contribution in [0.25, 0.3) is 0 Å². The van der Waals surface area contributed by atoms with Crippen LogP contribution in [-0.4, -0.2) is 0 Å². The van der Waals surface area contributed by atoms with Gasteiger partial charge in [0.1, 0.15) is 0 Å². The number of benzene rings is 4. The molecule has 0 unspecified atom stereocenters. The van der Waals surface area contributed by atoms with Gasteiger partial charge < -0.3 is 0 Å². The minimum atomic E-state index is 1.03. The van der Waals surface area contributed by atoms with E-state index >= 15 is 0 Å². The van der Waals surface area contributed by atoms with E-state index in [1.807, 2.05) is 12.1 Å². The lowest BCUT2D eigenvalue weighted by Crippen LogP contribution is -1.79. The largest absolute Gasteiger partial charge is 0.0901 e. The normalized spacial score (nSPS) is 10.1. The molecule has 0 aliphatic rings. The summed E-state index contributed by atoms with van der Waals surface area (Å²) in [6.07, 6.45) is 0. The van der Waals surface area contributed by atoms with Gasteiger partial charge in [0.05, 0.1) is 0 Å². The summed E-state index contributed by atoms with van der Waals surface area (Å²) in [5.74, 6) is 6.51. The number of rotatable bonds is 4. The van der Waals surface area contributed by atoms with E-state index in [0.717, 1.165) is 11.1 Å². The highest BCUT2D eigenvalue weighted by molar-refractivity contribution is 7.99. The van der Waals surface area contributed by atoms with E-state index in [1.165, 1.54) is 19.6 Å². The lowest BCUT2D eigenvalue weighted by molar-refractivity contribution is 1.39. The van der Waals surface area contributed by atoms with Crippen LogP contribution in [0.5, 0.6) is 0 Å². The molecule has 0 amide bonds. The molecule has 4 aromatic carbocycles. The Hall–Kier alpha value is -2.86. The summed E-state index contributed by atoms with van der Waals surface area (Å²) in [5.41, 5.74) is 2.06. The number of hydrogen-bond donors (Lipinski definition) is 0. The second-order valence-corrected chi connectivity index (χ2v) is 8.42. The maximum atomic E-state index is 3.26. The molecule has 2 heteroatoms. The molecule has 4 aromatic rings. The van der Waals surface area contributed by atoms with Crippen LogP contribution >= 0.6 is 23.5 Å². The Morgan fingerprint density at radius 2 is 0.679 bits per heavy atom. The molecule has 0 aliphatic carbocycles. The van der Waals surface area contributed by atoms with Crippen LogP contribution < -0.4 is 0 Å². The van der Waals surface area contributed by atoms with Crippen LogP contribution in [0.4, 0.5) is 0 Å². The second kappa shape index (κ2) is 9.37. The Morgan fingerprint density at radius 1 is 0.357 bits per heavy atom. The molecule has 0 radical (unpaired) electrons. The van der Waals surface area contributed by atoms with Crippen molar-refractivity contribution in [2.24, 2.45) is 0 Å². The molecular formula is C26H18S2. The first-order chi connectivity index (χ1) is 13.8. The Bertz CT molecular complexity index is 983. The van der Waals surface area contributed by atoms with E-state index in [0.29, 0.717) is 0 Å². The predicted molar refractivity (Wildman–Crippen MR) is 120 cm³/mol. The maximum Gasteiger partial charge on any atom is 0.0249 e. The zero-order valence-electron chi connectivity index (χ0n) is 15.2. The highest BCUT2D eigenvalue weighted by Gasteiger charge is 1.98. The smallest absolute Gasteiger partial charge is 0.0249 e. The maximum absolute atomic E-state index is 3.26. The lowest BCUT2D eigenvalue weighted by Gasteiger charge is -2.01. The van der Waals surface area contributed by atoms with Crippen LogP contribution in [-0.2, 0) is 0 Å². The van der Waals surface area contributed by atoms with Crippen LogP contribution in [0.15, 0.2) is 129 Å². The van der Waals surface area contributed by atoms with Crippen molar-refractivity contribution in [3.8, 4) is 11.8 Å². The van der Waals surface area contributed by atoms with Crippen LogP contribution in [0.2, 0.25) is 0 Å². The first-order valence-electron chi connectivity index (χ1n) is 9.03. The van der Waals surface area contributed by atoms with Gasteiger partial charge in [-0.05, 0) is 72.8 Å². The summed E-state index contributed by atoms with van der Waals surface area (Å²) < 4.78 is 0. The molecule has 0 saturated heterocycles. The Kier molecular flexibility index (Phi) is 6.19. The van der Waals surface area contributed by atoms with Crippen molar-refractivity contribution in [2.75, 3.05) is 0 Å². The highest BCUT2D eigenvalue weighted by atomic mass is 32.2. The summed E-state index contributed by atoms with van der Waals surface area (Å²) in [6, 6.07) is 37.6. The fourth-order valence-electron chi connectivity index (χ4n) is 2.61. The second-order valence-electron chi connectivity index (χ2n) is 6.13. The van der Waals surface area contributed by atoms with Crippen LogP contribution in [0, 0.1) is 11.8 Å². The van der Waals surface area contributed by atoms with E-state index in [-0.39, 0.29) is 0 Å². The summed E-state index contributed by atoms with van der Waals surface area (Å²) in [7, 11) is 0. The SMILES string of the molecule is C(#Cc1ccc(Sc2ccccc2)cc1)c1ccc(Sc2ccccc2)cc1. The fraction of sp³-hybridized carbons (Fsp3) is 0. The summed E-state index contributed by atoms with van der Waals surface area (Å²) in [4.78, 5) is 4.93. The van der Waals surface area contributed by atoms with Crippen molar-refractivity contribution in [1.82, 2.24) is 0 Å². The topological polar surface area (TPSA) is 0 Å². The minimum absolute atomic E-state index is 1.03. The molecule has 0 fully saturated rings. The average molecular weight is 395 g/mol. The molecule has 4 rings (SSSR count). The molecule has 0 N–H and O–H groups in total. The zero-order chi connectivity index (χ0) is 19.0. The van der Waals surface area contributed by atoms with Crippen molar-refractivity contribution in [2.45, 2.75) is 19.6 Å². The van der Waals surface area contributed by atoms with Crippen LogP contribution in [0.3, 0.4) is 0 Å². The number of hydrogen-bond acceptors (Lipinski definition) is 2. The van der Waals surface area contributed by atoms with E-state index < -0.39 is 0 Å². The molecule has 0 nitrogen and oxygen atoms in total. The van der Waals surface area contributed by atoms with Gasteiger partial charge in [0, 0.05) is 30.7 Å². The molecule has 0 spiro atoms. The monoisotopic (exact) mass is 394 g/mol. The van der Waals surface area contributed by atoms with Gasteiger partial charge in [0.2, 0.25) is 0 Å². The summed E-state index contributed by atoms with van der Waals surface area (Å²) in [5, 5.41) is 0. The first kappa shape index (κ1) is 18.5. The average Bonchev–Trinajstić information content (AvgIpc) is 2.76. The predicted octanol–water partition coefficient (Wildman–Crippen LogP) is 7.39. The molecule has 0 heterocycles. The van der Waals surface area contributed by atoms with Gasteiger partial charge >= 0.3 is 0 Å². The Balaban J connectivity index is 1.39. The van der Waals surface area contributed by atoms with Gasteiger partial charge in [0.15, 0.2) is 0 Å². The standard InChI is InChI=1S/C26H18S2/c1-3-7-23(8-4-1)27-25-17-13-21(14-18-25)11-12-22-15-19-26(20-16-22)28-24-9-5-2-6-10-24/h1-10,13-20H. The van der Waals surface area contributed by atoms with Gasteiger partial charge in [-0.2, -0.15) is 0 Å². The molecule has 0 aromatic heterocycles.